The molecule has 0 aromatic rings. The van der Waals surface area contributed by atoms with Crippen molar-refractivity contribution in [2.24, 2.45) is 5.92 Å². The van der Waals surface area contributed by atoms with E-state index < -0.39 is 44.5 Å². The lowest BCUT2D eigenvalue weighted by Gasteiger charge is -2.44. The van der Waals surface area contributed by atoms with Gasteiger partial charge >= 0.3 is 6.09 Å². The molecule has 1 amide bonds. The molecule has 0 radical (unpaired) electrons. The van der Waals surface area contributed by atoms with E-state index in [1.807, 2.05) is 32.9 Å². The van der Waals surface area contributed by atoms with Crippen molar-refractivity contribution in [3.8, 4) is 6.07 Å². The van der Waals surface area contributed by atoms with Crippen LogP contribution in [0.1, 0.15) is 48.0 Å². The highest BCUT2D eigenvalue weighted by Gasteiger charge is 2.54. The third-order valence-corrected chi connectivity index (χ3v) is 10.8. The predicted octanol–water partition coefficient (Wildman–Crippen LogP) is 4.37. The Morgan fingerprint density at radius 2 is 2.03 bits per heavy atom. The molecule has 2 aliphatic rings. The Morgan fingerprint density at radius 1 is 1.41 bits per heavy atom. The molecule has 7 nitrogen and oxygen atoms in total. The van der Waals surface area contributed by atoms with Crippen LogP contribution in [0.3, 0.4) is 0 Å². The number of amides is 1. The first-order chi connectivity index (χ1) is 13.2. The molecule has 8 heteroatoms. The lowest BCUT2D eigenvalue weighted by atomic mass is 9.92. The lowest BCUT2D eigenvalue weighted by molar-refractivity contribution is -0.154. The van der Waals surface area contributed by atoms with E-state index in [-0.39, 0.29) is 11.0 Å². The number of nitriles is 1. The molecule has 0 aliphatic carbocycles. The van der Waals surface area contributed by atoms with Gasteiger partial charge in [-0.25, -0.2) is 4.79 Å². The van der Waals surface area contributed by atoms with Gasteiger partial charge in [-0.1, -0.05) is 32.9 Å². The molecular weight excluding hydrogens is 388 g/mol. The van der Waals surface area contributed by atoms with Gasteiger partial charge in [0, 0.05) is 5.92 Å². The van der Waals surface area contributed by atoms with Crippen molar-refractivity contribution < 1.29 is 23.8 Å². The number of nitrogens with zero attached hydrogens (tertiary/aromatic N) is 2. The minimum Gasteiger partial charge on any atom is -0.465 e. The van der Waals surface area contributed by atoms with E-state index in [2.05, 4.69) is 39.9 Å². The van der Waals surface area contributed by atoms with Crippen molar-refractivity contribution in [1.82, 2.24) is 4.90 Å². The summed E-state index contributed by atoms with van der Waals surface area (Å²) in [5, 5.41) is 19.5. The number of ether oxygens (including phenoxy) is 2. The summed E-state index contributed by atoms with van der Waals surface area (Å²) in [5.41, 5.74) is 0. The van der Waals surface area contributed by atoms with Crippen molar-refractivity contribution in [3.05, 3.63) is 12.2 Å². The maximum absolute atomic E-state index is 12.2. The summed E-state index contributed by atoms with van der Waals surface area (Å²) in [5.74, 6) is -0.875. The van der Waals surface area contributed by atoms with Crippen molar-refractivity contribution in [3.63, 3.8) is 0 Å². The van der Waals surface area contributed by atoms with Crippen molar-refractivity contribution >= 4 is 14.4 Å². The Labute approximate surface area is 175 Å². The van der Waals surface area contributed by atoms with Gasteiger partial charge in [0.25, 0.3) is 0 Å². The van der Waals surface area contributed by atoms with Crippen LogP contribution in [0.25, 0.3) is 0 Å². The van der Waals surface area contributed by atoms with Gasteiger partial charge in [-0.15, -0.1) is 0 Å². The maximum atomic E-state index is 12.2. The molecule has 0 spiro atoms. The minimum absolute atomic E-state index is 0.0579. The fourth-order valence-corrected chi connectivity index (χ4v) is 5.23. The second kappa shape index (κ2) is 8.38. The summed E-state index contributed by atoms with van der Waals surface area (Å²) in [7, 11) is -2.26. The predicted molar refractivity (Wildman–Crippen MR) is 113 cm³/mol. The average Bonchev–Trinajstić information content (AvgIpc) is 3.12. The maximum Gasteiger partial charge on any atom is 0.408 e. The first-order valence-corrected chi connectivity index (χ1v) is 13.2. The molecule has 5 atom stereocenters. The van der Waals surface area contributed by atoms with Crippen LogP contribution in [0, 0.1) is 17.2 Å². The Kier molecular flexibility index (Phi) is 6.90. The SMILES string of the molecule is C/C=C\[C@@H]1C[C@H](C#N)N(C(=O)O)[C@H]1[C@H](O[Si](C)(C)C(C)(C)C)[C@H]1COC(C)(C)O1. The van der Waals surface area contributed by atoms with Gasteiger partial charge in [0.05, 0.1) is 24.8 Å². The summed E-state index contributed by atoms with van der Waals surface area (Å²) >= 11 is 0. The van der Waals surface area contributed by atoms with E-state index in [1.165, 1.54) is 4.90 Å². The fraction of sp³-hybridized carbons (Fsp3) is 0.810. The normalized spacial score (nSPS) is 31.2. The molecule has 0 aromatic carbocycles. The topological polar surface area (TPSA) is 92.0 Å². The Bertz CT molecular complexity index is 680. The van der Waals surface area contributed by atoms with Crippen LogP contribution in [0.15, 0.2) is 12.2 Å². The molecule has 2 heterocycles. The zero-order valence-corrected chi connectivity index (χ0v) is 19.9. The summed E-state index contributed by atoms with van der Waals surface area (Å²) in [6.45, 7) is 16.7. The van der Waals surface area contributed by atoms with E-state index in [0.29, 0.717) is 13.0 Å². The Balaban J connectivity index is 2.52. The number of carboxylic acid groups (broad SMARTS) is 1. The van der Waals surface area contributed by atoms with Gasteiger partial charge in [0.1, 0.15) is 12.1 Å². The summed E-state index contributed by atoms with van der Waals surface area (Å²) in [4.78, 5) is 13.4. The van der Waals surface area contributed by atoms with E-state index in [0.717, 1.165) is 0 Å². The summed E-state index contributed by atoms with van der Waals surface area (Å²) in [6.07, 6.45) is 2.32. The number of carbonyl (C=O) groups is 1. The number of hydrogen-bond acceptors (Lipinski definition) is 5. The summed E-state index contributed by atoms with van der Waals surface area (Å²) < 4.78 is 18.8. The fourth-order valence-electron chi connectivity index (χ4n) is 3.90. The highest BCUT2D eigenvalue weighted by atomic mass is 28.4. The quantitative estimate of drug-likeness (QED) is 0.520. The van der Waals surface area contributed by atoms with Crippen molar-refractivity contribution in [1.29, 1.82) is 5.26 Å². The molecule has 164 valence electrons. The van der Waals surface area contributed by atoms with Gasteiger partial charge in [0.2, 0.25) is 0 Å². The second-order valence-electron chi connectivity index (χ2n) is 9.96. The molecule has 0 saturated carbocycles. The highest BCUT2D eigenvalue weighted by molar-refractivity contribution is 6.74. The first-order valence-electron chi connectivity index (χ1n) is 10.3. The Hall–Kier alpha value is -1.40. The molecule has 2 rings (SSSR count). The van der Waals surface area contributed by atoms with Crippen LogP contribution in [-0.4, -0.2) is 61.1 Å². The number of likely N-dealkylation sites (tertiary alicyclic amines) is 1. The Morgan fingerprint density at radius 3 is 2.45 bits per heavy atom. The molecule has 29 heavy (non-hydrogen) atoms. The van der Waals surface area contributed by atoms with Gasteiger partial charge in [-0.3, -0.25) is 4.90 Å². The lowest BCUT2D eigenvalue weighted by Crippen LogP contribution is -2.58. The third kappa shape index (κ3) is 5.02. The van der Waals surface area contributed by atoms with Crippen molar-refractivity contribution in [2.45, 2.75) is 96.2 Å². The molecule has 2 fully saturated rings. The van der Waals surface area contributed by atoms with Crippen LogP contribution in [0.5, 0.6) is 0 Å². The molecule has 2 saturated heterocycles. The van der Waals surface area contributed by atoms with Crippen molar-refractivity contribution in [2.75, 3.05) is 6.61 Å². The van der Waals surface area contributed by atoms with Crippen LogP contribution in [0.2, 0.25) is 18.1 Å². The monoisotopic (exact) mass is 424 g/mol. The molecule has 0 unspecified atom stereocenters. The number of allylic oxidation sites excluding steroid dienone is 1. The van der Waals surface area contributed by atoms with E-state index in [1.54, 1.807) is 0 Å². The summed E-state index contributed by atoms with van der Waals surface area (Å²) in [6, 6.07) is 0.945. The smallest absolute Gasteiger partial charge is 0.408 e. The van der Waals surface area contributed by atoms with Gasteiger partial charge in [-0.05, 0) is 45.3 Å². The first kappa shape index (κ1) is 23.9. The van der Waals surface area contributed by atoms with Gasteiger partial charge < -0.3 is 19.0 Å². The largest absolute Gasteiger partial charge is 0.465 e. The number of rotatable bonds is 5. The standard InChI is InChI=1S/C21H36N2O5Si/c1-9-10-14-11-15(12-22)23(19(24)25)17(14)18(16-13-26-21(5,6)27-16)28-29(7,8)20(2,3)4/h9-10,14-18H,11,13H2,1-8H3,(H,24,25)/b10-9-/t14-,15-,16-,17-,18-/m1/s1. The van der Waals surface area contributed by atoms with Crippen LogP contribution < -0.4 is 0 Å². The average molecular weight is 425 g/mol. The van der Waals surface area contributed by atoms with Gasteiger partial charge in [-0.2, -0.15) is 5.26 Å². The highest BCUT2D eigenvalue weighted by Crippen LogP contribution is 2.43. The van der Waals surface area contributed by atoms with E-state index in [9.17, 15) is 15.2 Å². The molecule has 0 aromatic heterocycles. The van der Waals surface area contributed by atoms with Gasteiger partial charge in [0.15, 0.2) is 14.1 Å². The molecule has 1 N–H and O–H groups in total. The molecule has 2 aliphatic heterocycles. The van der Waals surface area contributed by atoms with E-state index in [4.69, 9.17) is 13.9 Å². The third-order valence-electron chi connectivity index (χ3n) is 6.37. The van der Waals surface area contributed by atoms with Crippen LogP contribution in [-0.2, 0) is 13.9 Å². The van der Waals surface area contributed by atoms with Crippen LogP contribution in [0.4, 0.5) is 4.79 Å². The van der Waals surface area contributed by atoms with Crippen LogP contribution >= 0.6 is 0 Å². The second-order valence-corrected chi connectivity index (χ2v) is 14.7. The zero-order chi connectivity index (χ0) is 22.2. The molecular formula is C21H36N2O5Si. The molecule has 0 bridgehead atoms. The van der Waals surface area contributed by atoms with E-state index >= 15 is 0 Å². The zero-order valence-electron chi connectivity index (χ0n) is 18.9. The number of hydrogen-bond donors (Lipinski definition) is 1. The minimum atomic E-state index is -2.26.